The van der Waals surface area contributed by atoms with Crippen LogP contribution in [0.2, 0.25) is 5.02 Å². The van der Waals surface area contributed by atoms with Crippen LogP contribution < -0.4 is 5.32 Å². The Morgan fingerprint density at radius 2 is 1.79 bits per heavy atom. The molecule has 2 aromatic carbocycles. The molecule has 1 aliphatic rings. The van der Waals surface area contributed by atoms with E-state index < -0.39 is 0 Å². The maximum atomic E-state index is 13.2. The molecule has 9 heteroatoms. The minimum Gasteiger partial charge on any atom is -0.324 e. The number of hydrogen-bond acceptors (Lipinski definition) is 5. The first kappa shape index (κ1) is 26.8. The largest absolute Gasteiger partial charge is 0.324 e. The smallest absolute Gasteiger partial charge is 0.228 e. The molecule has 0 atom stereocenters. The summed E-state index contributed by atoms with van der Waals surface area (Å²) in [5, 5.41) is 12.4. The quantitative estimate of drug-likeness (QED) is 0.280. The van der Waals surface area contributed by atoms with Gasteiger partial charge in [0.25, 0.3) is 0 Å². The van der Waals surface area contributed by atoms with Crippen molar-refractivity contribution in [3.05, 3.63) is 94.5 Å². The van der Waals surface area contributed by atoms with Gasteiger partial charge in [0.05, 0.1) is 41.3 Å². The Morgan fingerprint density at radius 1 is 0.974 bits per heavy atom. The summed E-state index contributed by atoms with van der Waals surface area (Å²) in [7, 11) is 0. The minimum absolute atomic E-state index is 0.0297. The second-order valence-electron chi connectivity index (χ2n) is 10.1. The van der Waals surface area contributed by atoms with Crippen LogP contribution in [0.1, 0.15) is 46.4 Å². The van der Waals surface area contributed by atoms with Crippen molar-refractivity contribution in [2.24, 2.45) is 0 Å². The third kappa shape index (κ3) is 7.02. The van der Waals surface area contributed by atoms with E-state index in [0.717, 1.165) is 48.7 Å². The molecule has 202 valence electrons. The Balaban J connectivity index is 1.19. The van der Waals surface area contributed by atoms with Gasteiger partial charge >= 0.3 is 0 Å². The van der Waals surface area contributed by atoms with Crippen molar-refractivity contribution in [2.75, 3.05) is 25.0 Å². The van der Waals surface area contributed by atoms with Crippen molar-refractivity contribution in [1.29, 1.82) is 0 Å². The molecule has 8 nitrogen and oxygen atoms in total. The summed E-state index contributed by atoms with van der Waals surface area (Å²) in [6.07, 6.45) is 9.79. The summed E-state index contributed by atoms with van der Waals surface area (Å²) < 4.78 is 3.65. The van der Waals surface area contributed by atoms with Crippen LogP contribution in [-0.2, 0) is 24.2 Å². The predicted octanol–water partition coefficient (Wildman–Crippen LogP) is 5.12. The molecule has 0 saturated carbocycles. The van der Waals surface area contributed by atoms with Crippen LogP contribution in [0, 0.1) is 6.92 Å². The van der Waals surface area contributed by atoms with E-state index in [1.807, 2.05) is 54.2 Å². The summed E-state index contributed by atoms with van der Waals surface area (Å²) >= 11 is 6.13. The highest BCUT2D eigenvalue weighted by atomic mass is 35.5. The number of rotatable bonds is 10. The van der Waals surface area contributed by atoms with E-state index in [-0.39, 0.29) is 18.1 Å². The highest BCUT2D eigenvalue weighted by Crippen LogP contribution is 2.21. The van der Waals surface area contributed by atoms with Gasteiger partial charge in [-0.3, -0.25) is 14.3 Å². The van der Waals surface area contributed by atoms with Crippen LogP contribution in [0.4, 0.5) is 5.69 Å². The first-order valence-corrected chi connectivity index (χ1v) is 13.8. The first-order valence-electron chi connectivity index (χ1n) is 13.4. The number of carbonyl (C=O) groups is 2. The van der Waals surface area contributed by atoms with E-state index in [2.05, 4.69) is 20.4 Å². The lowest BCUT2D eigenvalue weighted by atomic mass is 10.0. The van der Waals surface area contributed by atoms with E-state index in [1.165, 1.54) is 19.3 Å². The Hall–Kier alpha value is -3.75. The number of hydrogen-bond donors (Lipinski definition) is 1. The van der Waals surface area contributed by atoms with E-state index in [0.29, 0.717) is 22.7 Å². The number of likely N-dealkylation sites (tertiary alicyclic amines) is 1. The van der Waals surface area contributed by atoms with Crippen molar-refractivity contribution < 1.29 is 9.59 Å². The molecule has 1 aliphatic heterocycles. The number of carbonyl (C=O) groups excluding carboxylic acids is 2. The number of nitrogens with zero attached hydrogens (tertiary/aromatic N) is 5. The van der Waals surface area contributed by atoms with Crippen LogP contribution >= 0.6 is 11.6 Å². The summed E-state index contributed by atoms with van der Waals surface area (Å²) in [5.41, 5.74) is 4.54. The van der Waals surface area contributed by atoms with Gasteiger partial charge in [-0.15, -0.1) is 0 Å². The number of aromatic nitrogens is 4. The van der Waals surface area contributed by atoms with Gasteiger partial charge in [-0.05, 0) is 62.7 Å². The molecule has 5 rings (SSSR count). The molecule has 4 aromatic rings. The molecular formula is C30H33ClN6O2. The van der Waals surface area contributed by atoms with Gasteiger partial charge in [-0.1, -0.05) is 42.3 Å². The second kappa shape index (κ2) is 12.4. The fraction of sp³-hybridized carbons (Fsp3) is 0.333. The Labute approximate surface area is 233 Å². The highest BCUT2D eigenvalue weighted by molar-refractivity contribution is 6.33. The van der Waals surface area contributed by atoms with E-state index in [1.54, 1.807) is 29.2 Å². The predicted molar refractivity (Wildman–Crippen MR) is 153 cm³/mol. The van der Waals surface area contributed by atoms with Gasteiger partial charge in [0.15, 0.2) is 5.78 Å². The number of halogens is 1. The number of anilines is 1. The summed E-state index contributed by atoms with van der Waals surface area (Å²) in [5.74, 6) is -0.152. The normalized spacial score (nSPS) is 13.9. The summed E-state index contributed by atoms with van der Waals surface area (Å²) in [6.45, 7) is 6.11. The third-order valence-electron chi connectivity index (χ3n) is 7.07. The van der Waals surface area contributed by atoms with Gasteiger partial charge in [0, 0.05) is 36.5 Å². The zero-order chi connectivity index (χ0) is 27.2. The molecule has 3 heterocycles. The molecule has 2 aromatic heterocycles. The standard InChI is InChI=1S/C30H33ClN6O2/c1-22-25(21-36(34-22)15-14-35-12-5-2-6-13-35)18-29(38)24-8-7-9-26(17-24)37-20-23(19-32-37)16-30(39)33-28-11-4-3-10-27(28)31/h3-4,7-11,17,19-21H,2,5-6,12-16,18H2,1H3,(H,33,39). The van der Waals surface area contributed by atoms with Crippen molar-refractivity contribution >= 4 is 29.0 Å². The Morgan fingerprint density at radius 3 is 2.62 bits per heavy atom. The molecular weight excluding hydrogens is 512 g/mol. The molecule has 0 spiro atoms. The van der Waals surface area contributed by atoms with E-state index in [4.69, 9.17) is 11.6 Å². The average molecular weight is 545 g/mol. The van der Waals surface area contributed by atoms with Crippen molar-refractivity contribution in [1.82, 2.24) is 24.5 Å². The monoisotopic (exact) mass is 544 g/mol. The van der Waals surface area contributed by atoms with Gasteiger partial charge in [-0.2, -0.15) is 10.2 Å². The van der Waals surface area contributed by atoms with Gasteiger partial charge in [0.2, 0.25) is 5.91 Å². The summed E-state index contributed by atoms with van der Waals surface area (Å²) in [6, 6.07) is 14.5. The maximum Gasteiger partial charge on any atom is 0.228 e. The minimum atomic E-state index is -0.182. The zero-order valence-electron chi connectivity index (χ0n) is 22.1. The maximum absolute atomic E-state index is 13.2. The first-order chi connectivity index (χ1) is 18.9. The number of nitrogens with one attached hydrogen (secondary N) is 1. The average Bonchev–Trinajstić information content (AvgIpc) is 3.55. The van der Waals surface area contributed by atoms with Crippen LogP contribution in [-0.4, -0.2) is 55.8 Å². The van der Waals surface area contributed by atoms with E-state index in [9.17, 15) is 9.59 Å². The fourth-order valence-corrected chi connectivity index (χ4v) is 5.09. The lowest BCUT2D eigenvalue weighted by Crippen LogP contribution is -2.32. The number of aryl methyl sites for hydroxylation is 1. The molecule has 0 unspecified atom stereocenters. The number of benzene rings is 2. The zero-order valence-corrected chi connectivity index (χ0v) is 22.9. The summed E-state index contributed by atoms with van der Waals surface area (Å²) in [4.78, 5) is 28.2. The molecule has 1 N–H and O–H groups in total. The Kier molecular flexibility index (Phi) is 8.54. The lowest BCUT2D eigenvalue weighted by Gasteiger charge is -2.26. The van der Waals surface area contributed by atoms with Gasteiger partial charge in [-0.25, -0.2) is 4.68 Å². The number of amides is 1. The third-order valence-corrected chi connectivity index (χ3v) is 7.40. The molecule has 1 fully saturated rings. The molecule has 0 aliphatic carbocycles. The van der Waals surface area contributed by atoms with Crippen molar-refractivity contribution in [3.8, 4) is 5.69 Å². The fourth-order valence-electron chi connectivity index (χ4n) is 4.91. The molecule has 39 heavy (non-hydrogen) atoms. The van der Waals surface area contributed by atoms with Crippen LogP contribution in [0.15, 0.2) is 67.1 Å². The number of para-hydroxylation sites is 1. The molecule has 0 bridgehead atoms. The highest BCUT2D eigenvalue weighted by Gasteiger charge is 2.15. The van der Waals surface area contributed by atoms with Crippen LogP contribution in [0.5, 0.6) is 0 Å². The number of ketones is 1. The molecule has 1 saturated heterocycles. The topological polar surface area (TPSA) is 85.0 Å². The van der Waals surface area contributed by atoms with Crippen LogP contribution in [0.25, 0.3) is 5.69 Å². The van der Waals surface area contributed by atoms with Crippen molar-refractivity contribution in [2.45, 2.75) is 45.6 Å². The molecule has 0 radical (unpaired) electrons. The van der Waals surface area contributed by atoms with Crippen LogP contribution in [0.3, 0.4) is 0 Å². The molecule has 1 amide bonds. The number of piperidine rings is 1. The SMILES string of the molecule is Cc1nn(CCN2CCCCC2)cc1CC(=O)c1cccc(-n2cc(CC(=O)Nc3ccccc3Cl)cn2)c1. The Bertz CT molecular complexity index is 1450. The van der Waals surface area contributed by atoms with Crippen molar-refractivity contribution in [3.63, 3.8) is 0 Å². The lowest BCUT2D eigenvalue weighted by molar-refractivity contribution is -0.115. The second-order valence-corrected chi connectivity index (χ2v) is 10.5. The van der Waals surface area contributed by atoms with E-state index >= 15 is 0 Å². The number of Topliss-reactive ketones (excluding diaryl/α,β-unsaturated/α-hetero) is 1. The van der Waals surface area contributed by atoms with Gasteiger partial charge in [0.1, 0.15) is 0 Å². The van der Waals surface area contributed by atoms with Gasteiger partial charge < -0.3 is 10.2 Å².